The van der Waals surface area contributed by atoms with Crippen LogP contribution in [-0.4, -0.2) is 46.5 Å². The lowest BCUT2D eigenvalue weighted by molar-refractivity contribution is -0.115. The van der Waals surface area contributed by atoms with Crippen LogP contribution >= 0.6 is 0 Å². The van der Waals surface area contributed by atoms with Gasteiger partial charge in [-0.2, -0.15) is 5.21 Å². The van der Waals surface area contributed by atoms with Gasteiger partial charge in [0, 0.05) is 23.0 Å². The lowest BCUT2D eigenvalue weighted by Gasteiger charge is -2.14. The number of nitrogens with one attached hydrogen (secondary N) is 2. The van der Waals surface area contributed by atoms with E-state index in [0.717, 1.165) is 22.5 Å². The zero-order chi connectivity index (χ0) is 20.4. The Hall–Kier alpha value is -3.75. The molecule has 0 saturated carbocycles. The molecule has 0 radical (unpaired) electrons. The fourth-order valence-corrected chi connectivity index (χ4v) is 3.40. The highest BCUT2D eigenvalue weighted by molar-refractivity contribution is 6.19. The van der Waals surface area contributed by atoms with E-state index in [9.17, 15) is 4.79 Å². The first kappa shape index (κ1) is 18.6. The number of hydrogen-bond donors (Lipinski definition) is 2. The number of aromatic amines is 1. The molecule has 0 saturated heterocycles. The van der Waals surface area contributed by atoms with Crippen LogP contribution < -0.4 is 14.8 Å². The Balaban J connectivity index is 1.69. The highest BCUT2D eigenvalue weighted by atomic mass is 16.5. The fourth-order valence-electron chi connectivity index (χ4n) is 3.40. The molecule has 1 atom stereocenters. The molecule has 2 heterocycles. The molecule has 0 aliphatic carbocycles. The maximum absolute atomic E-state index is 12.7. The maximum Gasteiger partial charge on any atom is 0.237 e. The molecule has 1 aliphatic rings. The van der Waals surface area contributed by atoms with Gasteiger partial charge in [0.1, 0.15) is 5.92 Å². The second-order valence-corrected chi connectivity index (χ2v) is 6.46. The van der Waals surface area contributed by atoms with Crippen molar-refractivity contribution in [2.75, 3.05) is 19.5 Å². The number of amides is 1. The van der Waals surface area contributed by atoms with Gasteiger partial charge in [0.05, 0.1) is 19.9 Å². The average molecular weight is 392 g/mol. The summed E-state index contributed by atoms with van der Waals surface area (Å²) in [4.78, 5) is 17.5. The molecule has 1 aromatic heterocycles. The number of aromatic nitrogens is 4. The SMILES string of the molecule is CCC(=Nc1ccc(-c2nn[nH]n2)cc1)C1C(=O)Nc2cc(OC)c(OC)cc21. The van der Waals surface area contributed by atoms with Crippen LogP contribution in [0.25, 0.3) is 11.4 Å². The normalized spacial score (nSPS) is 15.8. The Bertz CT molecular complexity index is 1060. The molecule has 148 valence electrons. The van der Waals surface area contributed by atoms with E-state index >= 15 is 0 Å². The number of nitrogens with zero attached hydrogens (tertiary/aromatic N) is 4. The summed E-state index contributed by atoms with van der Waals surface area (Å²) in [6.07, 6.45) is 0.623. The Kier molecular flexibility index (Phi) is 4.94. The molecule has 0 fully saturated rings. The van der Waals surface area contributed by atoms with Crippen molar-refractivity contribution in [2.45, 2.75) is 19.3 Å². The number of ether oxygens (including phenoxy) is 2. The molecule has 1 aliphatic heterocycles. The topological polar surface area (TPSA) is 114 Å². The van der Waals surface area contributed by atoms with Crippen LogP contribution in [0.1, 0.15) is 24.8 Å². The molecule has 0 spiro atoms. The average Bonchev–Trinajstić information content (AvgIpc) is 3.39. The van der Waals surface area contributed by atoms with E-state index in [2.05, 4.69) is 25.9 Å². The van der Waals surface area contributed by atoms with Crippen LogP contribution in [0.15, 0.2) is 41.4 Å². The van der Waals surface area contributed by atoms with Crippen molar-refractivity contribution in [3.8, 4) is 22.9 Å². The number of carbonyl (C=O) groups is 1. The van der Waals surface area contributed by atoms with Gasteiger partial charge < -0.3 is 14.8 Å². The van der Waals surface area contributed by atoms with E-state index in [1.165, 1.54) is 0 Å². The summed E-state index contributed by atoms with van der Waals surface area (Å²) in [5, 5.41) is 16.8. The van der Waals surface area contributed by atoms with Gasteiger partial charge in [-0.05, 0) is 47.5 Å². The molecule has 4 rings (SSSR count). The summed E-state index contributed by atoms with van der Waals surface area (Å²) < 4.78 is 10.7. The molecule has 0 bridgehead atoms. The highest BCUT2D eigenvalue weighted by Crippen LogP contribution is 2.42. The summed E-state index contributed by atoms with van der Waals surface area (Å²) in [5.74, 6) is 1.07. The third kappa shape index (κ3) is 3.42. The number of anilines is 1. The lowest BCUT2D eigenvalue weighted by Crippen LogP contribution is -2.20. The lowest BCUT2D eigenvalue weighted by atomic mass is 9.93. The van der Waals surface area contributed by atoms with Crippen molar-refractivity contribution < 1.29 is 14.3 Å². The van der Waals surface area contributed by atoms with Crippen LogP contribution in [0.5, 0.6) is 11.5 Å². The van der Waals surface area contributed by atoms with Crippen molar-refractivity contribution in [3.63, 3.8) is 0 Å². The Morgan fingerprint density at radius 1 is 1.14 bits per heavy atom. The van der Waals surface area contributed by atoms with E-state index in [-0.39, 0.29) is 5.91 Å². The molecule has 3 aromatic rings. The fraction of sp³-hybridized carbons (Fsp3) is 0.250. The van der Waals surface area contributed by atoms with Crippen LogP contribution in [0, 0.1) is 0 Å². The van der Waals surface area contributed by atoms with Gasteiger partial charge in [0.25, 0.3) is 0 Å². The number of fused-ring (bicyclic) bond motifs is 1. The van der Waals surface area contributed by atoms with Crippen molar-refractivity contribution in [1.29, 1.82) is 0 Å². The van der Waals surface area contributed by atoms with Gasteiger partial charge in [-0.25, -0.2) is 0 Å². The third-order valence-electron chi connectivity index (χ3n) is 4.83. The summed E-state index contributed by atoms with van der Waals surface area (Å²) in [6, 6.07) is 11.1. The predicted octanol–water partition coefficient (Wildman–Crippen LogP) is 3.10. The number of aliphatic imine (C=N–C) groups is 1. The van der Waals surface area contributed by atoms with E-state index in [0.29, 0.717) is 29.4 Å². The van der Waals surface area contributed by atoms with Crippen LogP contribution in [-0.2, 0) is 4.79 Å². The first-order chi connectivity index (χ1) is 14.1. The molecule has 1 unspecified atom stereocenters. The Morgan fingerprint density at radius 2 is 1.86 bits per heavy atom. The summed E-state index contributed by atoms with van der Waals surface area (Å²) in [6.45, 7) is 1.98. The first-order valence-electron chi connectivity index (χ1n) is 9.12. The van der Waals surface area contributed by atoms with Crippen LogP contribution in [0.3, 0.4) is 0 Å². The predicted molar refractivity (Wildman–Crippen MR) is 108 cm³/mol. The molecule has 2 aromatic carbocycles. The zero-order valence-electron chi connectivity index (χ0n) is 16.3. The number of rotatable bonds is 6. The molecular weight excluding hydrogens is 372 g/mol. The van der Waals surface area contributed by atoms with Crippen molar-refractivity contribution in [3.05, 3.63) is 42.0 Å². The van der Waals surface area contributed by atoms with E-state index in [4.69, 9.17) is 14.5 Å². The van der Waals surface area contributed by atoms with E-state index < -0.39 is 5.92 Å². The highest BCUT2D eigenvalue weighted by Gasteiger charge is 2.35. The van der Waals surface area contributed by atoms with Crippen LogP contribution in [0.2, 0.25) is 0 Å². The maximum atomic E-state index is 12.7. The minimum Gasteiger partial charge on any atom is -0.493 e. The van der Waals surface area contributed by atoms with Crippen LogP contribution in [0.4, 0.5) is 11.4 Å². The van der Waals surface area contributed by atoms with E-state index in [1.54, 1.807) is 20.3 Å². The molecular formula is C20H20N6O3. The van der Waals surface area contributed by atoms with Gasteiger partial charge in [-0.1, -0.05) is 6.92 Å². The largest absolute Gasteiger partial charge is 0.493 e. The second-order valence-electron chi connectivity index (χ2n) is 6.46. The number of carbonyl (C=O) groups excluding carboxylic acids is 1. The first-order valence-corrected chi connectivity index (χ1v) is 9.12. The molecule has 2 N–H and O–H groups in total. The van der Waals surface area contributed by atoms with Crippen molar-refractivity contribution in [2.24, 2.45) is 4.99 Å². The minimum atomic E-state index is -0.480. The number of methoxy groups -OCH3 is 2. The summed E-state index contributed by atoms with van der Waals surface area (Å²) in [5.41, 5.74) is 3.89. The number of hydrogen-bond acceptors (Lipinski definition) is 7. The van der Waals surface area contributed by atoms with Gasteiger partial charge in [0.15, 0.2) is 11.5 Å². The standard InChI is InChI=1S/C20H20N6O3/c1-4-14(21-12-7-5-11(6-8-12)19-23-25-26-24-19)18-13-9-16(28-2)17(29-3)10-15(13)22-20(18)27/h5-10,18H,4H2,1-3H3,(H,22,27)(H,23,24,25,26). The van der Waals surface area contributed by atoms with Crippen molar-refractivity contribution in [1.82, 2.24) is 20.6 Å². The zero-order valence-corrected chi connectivity index (χ0v) is 16.3. The Morgan fingerprint density at radius 3 is 2.48 bits per heavy atom. The smallest absolute Gasteiger partial charge is 0.237 e. The van der Waals surface area contributed by atoms with Gasteiger partial charge in [0.2, 0.25) is 11.7 Å². The molecule has 29 heavy (non-hydrogen) atoms. The quantitative estimate of drug-likeness (QED) is 0.623. The summed E-state index contributed by atoms with van der Waals surface area (Å²) in [7, 11) is 3.14. The monoisotopic (exact) mass is 392 g/mol. The summed E-state index contributed by atoms with van der Waals surface area (Å²) >= 11 is 0. The van der Waals surface area contributed by atoms with Crippen molar-refractivity contribution >= 4 is 23.0 Å². The van der Waals surface area contributed by atoms with Gasteiger partial charge in [-0.3, -0.25) is 9.79 Å². The number of H-pyrrole nitrogens is 1. The van der Waals surface area contributed by atoms with Gasteiger partial charge >= 0.3 is 0 Å². The van der Waals surface area contributed by atoms with E-state index in [1.807, 2.05) is 37.3 Å². The Labute approximate surface area is 167 Å². The molecule has 9 nitrogen and oxygen atoms in total. The number of benzene rings is 2. The third-order valence-corrected chi connectivity index (χ3v) is 4.83. The van der Waals surface area contributed by atoms with Gasteiger partial charge in [-0.15, -0.1) is 10.2 Å². The molecule has 1 amide bonds. The number of tetrazole rings is 1. The second kappa shape index (κ2) is 7.70. The molecule has 9 heteroatoms. The minimum absolute atomic E-state index is 0.112.